The Bertz CT molecular complexity index is 269. The third-order valence-electron chi connectivity index (χ3n) is 1.27. The van der Waals surface area contributed by atoms with Gasteiger partial charge >= 0.3 is 6.19 Å². The van der Waals surface area contributed by atoms with Gasteiger partial charge in [-0.25, -0.2) is 0 Å². The molecule has 56 valence electrons. The van der Waals surface area contributed by atoms with Crippen molar-refractivity contribution in [1.82, 2.24) is 4.98 Å². The van der Waals surface area contributed by atoms with E-state index in [4.69, 9.17) is 5.26 Å². The molecule has 0 atom stereocenters. The van der Waals surface area contributed by atoms with Crippen molar-refractivity contribution in [1.29, 1.82) is 5.26 Å². The van der Waals surface area contributed by atoms with Crippen LogP contribution in [0.1, 0.15) is 0 Å². The van der Waals surface area contributed by atoms with Gasteiger partial charge in [-0.2, -0.15) is 4.57 Å². The van der Waals surface area contributed by atoms with Crippen LogP contribution in [-0.4, -0.2) is 19.1 Å². The Kier molecular flexibility index (Phi) is 2.02. The monoisotopic (exact) mass is 149 g/mol. The molecule has 1 aromatic rings. The average molecular weight is 149 g/mol. The first-order valence-corrected chi connectivity index (χ1v) is 3.19. The second-order valence-corrected chi connectivity index (χ2v) is 2.32. The highest BCUT2D eigenvalue weighted by atomic mass is 15.2. The molecule has 1 aromatic heterocycles. The summed E-state index contributed by atoms with van der Waals surface area (Å²) in [4.78, 5) is 5.89. The SMILES string of the molecule is CN(C)c1cc[n+](C#N)cn1. The van der Waals surface area contributed by atoms with Gasteiger partial charge in [0.1, 0.15) is 0 Å². The lowest BCUT2D eigenvalue weighted by molar-refractivity contribution is -0.589. The zero-order valence-electron chi connectivity index (χ0n) is 6.52. The van der Waals surface area contributed by atoms with E-state index in [0.717, 1.165) is 5.82 Å². The van der Waals surface area contributed by atoms with Crippen molar-refractivity contribution in [3.8, 4) is 6.19 Å². The fraction of sp³-hybridized carbons (Fsp3) is 0.286. The van der Waals surface area contributed by atoms with Crippen molar-refractivity contribution in [2.75, 3.05) is 19.0 Å². The molecule has 0 aliphatic rings. The molecule has 0 unspecified atom stereocenters. The molecule has 0 saturated carbocycles. The van der Waals surface area contributed by atoms with Crippen LogP contribution >= 0.6 is 0 Å². The Balaban J connectivity index is 2.94. The Labute approximate surface area is 65.3 Å². The van der Waals surface area contributed by atoms with Gasteiger partial charge in [0.25, 0.3) is 0 Å². The van der Waals surface area contributed by atoms with Crippen molar-refractivity contribution >= 4 is 5.82 Å². The van der Waals surface area contributed by atoms with E-state index < -0.39 is 0 Å². The van der Waals surface area contributed by atoms with Gasteiger partial charge in [0.15, 0.2) is 0 Å². The van der Waals surface area contributed by atoms with Crippen molar-refractivity contribution in [2.24, 2.45) is 0 Å². The Morgan fingerprint density at radius 2 is 2.36 bits per heavy atom. The summed E-state index contributed by atoms with van der Waals surface area (Å²) < 4.78 is 1.34. The number of aromatic nitrogens is 2. The third kappa shape index (κ3) is 1.64. The molecule has 0 aliphatic carbocycles. The van der Waals surface area contributed by atoms with Crippen molar-refractivity contribution < 1.29 is 4.57 Å². The lowest BCUT2D eigenvalue weighted by atomic mass is 10.5. The standard InChI is InChI=1S/C7H9N4/c1-10(2)7-3-4-11(5-8)6-9-7/h3-4,6H,1-2H3/q+1. The first-order valence-electron chi connectivity index (χ1n) is 3.19. The minimum absolute atomic E-state index is 0.844. The average Bonchev–Trinajstić information content (AvgIpc) is 2.05. The molecule has 0 radical (unpaired) electrons. The van der Waals surface area contributed by atoms with Crippen LogP contribution in [0.5, 0.6) is 0 Å². The fourth-order valence-electron chi connectivity index (χ4n) is 0.674. The molecule has 11 heavy (non-hydrogen) atoms. The molecule has 0 aromatic carbocycles. The quantitative estimate of drug-likeness (QED) is 0.518. The predicted octanol–water partition coefficient (Wildman–Crippen LogP) is -0.236. The van der Waals surface area contributed by atoms with E-state index in [2.05, 4.69) is 4.98 Å². The van der Waals surface area contributed by atoms with Gasteiger partial charge in [0.05, 0.1) is 6.20 Å². The number of nitriles is 1. The fourth-order valence-corrected chi connectivity index (χ4v) is 0.674. The van der Waals surface area contributed by atoms with Crippen LogP contribution in [0.3, 0.4) is 0 Å². The number of hydrogen-bond acceptors (Lipinski definition) is 3. The van der Waals surface area contributed by atoms with Gasteiger partial charge in [0.2, 0.25) is 12.1 Å². The summed E-state index contributed by atoms with van der Waals surface area (Å²) >= 11 is 0. The van der Waals surface area contributed by atoms with Crippen LogP contribution in [0.2, 0.25) is 0 Å². The van der Waals surface area contributed by atoms with Gasteiger partial charge in [-0.3, -0.25) is 0 Å². The summed E-state index contributed by atoms with van der Waals surface area (Å²) in [6, 6.07) is 1.78. The van der Waals surface area contributed by atoms with E-state index in [9.17, 15) is 0 Å². The maximum absolute atomic E-state index is 8.43. The van der Waals surface area contributed by atoms with E-state index >= 15 is 0 Å². The van der Waals surface area contributed by atoms with Crippen LogP contribution in [0.25, 0.3) is 0 Å². The second-order valence-electron chi connectivity index (χ2n) is 2.32. The topological polar surface area (TPSA) is 43.8 Å². The molecule has 0 amide bonds. The van der Waals surface area contributed by atoms with Crippen molar-refractivity contribution in [3.63, 3.8) is 0 Å². The smallest absolute Gasteiger partial charge is 0.349 e. The highest BCUT2D eigenvalue weighted by molar-refractivity contribution is 5.32. The summed E-state index contributed by atoms with van der Waals surface area (Å²) in [5.74, 6) is 0.844. The van der Waals surface area contributed by atoms with Gasteiger partial charge in [-0.1, -0.05) is 4.98 Å². The van der Waals surface area contributed by atoms with Gasteiger partial charge < -0.3 is 4.90 Å². The van der Waals surface area contributed by atoms with E-state index in [-0.39, 0.29) is 0 Å². The maximum atomic E-state index is 8.43. The number of hydrogen-bond donors (Lipinski definition) is 0. The Hall–Kier alpha value is -1.63. The highest BCUT2D eigenvalue weighted by Crippen LogP contribution is 1.99. The maximum Gasteiger partial charge on any atom is 0.375 e. The van der Waals surface area contributed by atoms with Crippen LogP contribution in [0.4, 0.5) is 5.82 Å². The molecular weight excluding hydrogens is 140 g/mol. The molecule has 1 rings (SSSR count). The zero-order valence-corrected chi connectivity index (χ0v) is 6.52. The molecule has 4 nitrogen and oxygen atoms in total. The lowest BCUT2D eigenvalue weighted by Gasteiger charge is -2.05. The molecule has 0 N–H and O–H groups in total. The molecule has 0 saturated heterocycles. The van der Waals surface area contributed by atoms with E-state index in [1.165, 1.54) is 10.9 Å². The molecule has 0 spiro atoms. The Morgan fingerprint density at radius 3 is 2.73 bits per heavy atom. The lowest BCUT2D eigenvalue weighted by Crippen LogP contribution is -2.28. The van der Waals surface area contributed by atoms with Gasteiger partial charge in [-0.05, 0) is 0 Å². The second kappa shape index (κ2) is 2.97. The number of anilines is 1. The van der Waals surface area contributed by atoms with Crippen molar-refractivity contribution in [3.05, 3.63) is 18.6 Å². The molecule has 0 bridgehead atoms. The molecule has 0 fully saturated rings. The van der Waals surface area contributed by atoms with Crippen LogP contribution in [0, 0.1) is 11.5 Å². The Morgan fingerprint density at radius 1 is 1.64 bits per heavy atom. The summed E-state index contributed by atoms with van der Waals surface area (Å²) in [5, 5.41) is 8.43. The molecule has 0 aliphatic heterocycles. The minimum atomic E-state index is 0.844. The van der Waals surface area contributed by atoms with Gasteiger partial charge in [0, 0.05) is 25.4 Å². The normalized spacial score (nSPS) is 8.82. The van der Waals surface area contributed by atoms with Crippen LogP contribution in [0.15, 0.2) is 18.6 Å². The summed E-state index contributed by atoms with van der Waals surface area (Å²) in [6.45, 7) is 0. The molecule has 1 heterocycles. The first-order chi connectivity index (χ1) is 5.24. The number of nitrogens with zero attached hydrogens (tertiary/aromatic N) is 4. The van der Waals surface area contributed by atoms with E-state index in [1.807, 2.05) is 25.2 Å². The van der Waals surface area contributed by atoms with Crippen LogP contribution in [-0.2, 0) is 0 Å². The van der Waals surface area contributed by atoms with Gasteiger partial charge in [-0.15, -0.1) is 0 Å². The largest absolute Gasteiger partial charge is 0.375 e. The molecule has 4 heteroatoms. The molecular formula is C7H9N4+. The third-order valence-corrected chi connectivity index (χ3v) is 1.27. The summed E-state index contributed by atoms with van der Waals surface area (Å²) in [5.41, 5.74) is 0. The highest BCUT2D eigenvalue weighted by Gasteiger charge is 2.00. The predicted molar refractivity (Wildman–Crippen MR) is 39.8 cm³/mol. The minimum Gasteiger partial charge on any atom is -0.349 e. The number of rotatable bonds is 1. The summed E-state index contributed by atoms with van der Waals surface area (Å²) in [6.07, 6.45) is 5.08. The summed E-state index contributed by atoms with van der Waals surface area (Å²) in [7, 11) is 3.80. The zero-order chi connectivity index (χ0) is 8.27. The van der Waals surface area contributed by atoms with E-state index in [1.54, 1.807) is 12.3 Å². The van der Waals surface area contributed by atoms with Crippen molar-refractivity contribution in [2.45, 2.75) is 0 Å². The van der Waals surface area contributed by atoms with E-state index in [0.29, 0.717) is 0 Å². The van der Waals surface area contributed by atoms with Crippen LogP contribution < -0.4 is 9.47 Å². The first kappa shape index (κ1) is 7.48.